The number of nitrogens with one attached hydrogen (secondary N) is 1. The van der Waals surface area contributed by atoms with Gasteiger partial charge in [-0.15, -0.1) is 0 Å². The minimum absolute atomic E-state index is 0.180. The summed E-state index contributed by atoms with van der Waals surface area (Å²) in [6.45, 7) is 4.92. The van der Waals surface area contributed by atoms with Crippen molar-refractivity contribution < 1.29 is 9.53 Å². The molecule has 1 N–H and O–H groups in total. The molecule has 3 fully saturated rings. The fourth-order valence-electron chi connectivity index (χ4n) is 4.31. The average molecular weight is 368 g/mol. The maximum Gasteiger partial charge on any atom is 0.234 e. The van der Waals surface area contributed by atoms with Crippen LogP contribution in [0.15, 0.2) is 24.3 Å². The third kappa shape index (κ3) is 4.79. The predicted octanol–water partition coefficient (Wildman–Crippen LogP) is 1.61. The van der Waals surface area contributed by atoms with Crippen molar-refractivity contribution in [1.29, 1.82) is 5.26 Å². The number of carbonyl (C=O) groups excluding carboxylic acids is 1. The Kier molecular flexibility index (Phi) is 5.61. The maximum atomic E-state index is 12.1. The van der Waals surface area contributed by atoms with Gasteiger partial charge in [0.15, 0.2) is 0 Å². The topological polar surface area (TPSA) is 68.6 Å². The zero-order chi connectivity index (χ0) is 18.6. The number of amides is 1. The predicted molar refractivity (Wildman–Crippen MR) is 102 cm³/mol. The van der Waals surface area contributed by atoms with E-state index in [1.807, 2.05) is 12.1 Å². The van der Waals surface area contributed by atoms with Crippen LogP contribution in [0.4, 0.5) is 0 Å². The summed E-state index contributed by atoms with van der Waals surface area (Å²) in [7, 11) is 0. The molecule has 6 nitrogen and oxygen atoms in total. The smallest absolute Gasteiger partial charge is 0.234 e. The van der Waals surface area contributed by atoms with Gasteiger partial charge < -0.3 is 10.1 Å². The van der Waals surface area contributed by atoms with Gasteiger partial charge in [0.25, 0.3) is 0 Å². The average Bonchev–Trinajstić information content (AvgIpc) is 3.47. The molecule has 2 aliphatic heterocycles. The van der Waals surface area contributed by atoms with Crippen molar-refractivity contribution in [3.05, 3.63) is 29.8 Å². The van der Waals surface area contributed by atoms with Gasteiger partial charge in [-0.3, -0.25) is 14.6 Å². The lowest BCUT2D eigenvalue weighted by atomic mass is 10.2. The minimum atomic E-state index is 0.180. The number of likely N-dealkylation sites (tertiary alicyclic amines) is 1. The molecule has 2 bridgehead atoms. The molecule has 0 radical (unpaired) electrons. The third-order valence-electron chi connectivity index (χ3n) is 5.96. The van der Waals surface area contributed by atoms with Crippen LogP contribution < -0.4 is 10.1 Å². The molecule has 1 aromatic carbocycles. The number of rotatable bonds is 8. The summed E-state index contributed by atoms with van der Waals surface area (Å²) in [5, 5.41) is 11.9. The van der Waals surface area contributed by atoms with Gasteiger partial charge in [-0.1, -0.05) is 0 Å². The number of carbonyl (C=O) groups is 1. The van der Waals surface area contributed by atoms with E-state index in [9.17, 15) is 4.79 Å². The molecule has 144 valence electrons. The highest BCUT2D eigenvalue weighted by molar-refractivity contribution is 5.78. The second-order valence-corrected chi connectivity index (χ2v) is 8.05. The summed E-state index contributed by atoms with van der Waals surface area (Å²) < 4.78 is 5.86. The number of hydrogen-bond acceptors (Lipinski definition) is 5. The van der Waals surface area contributed by atoms with Crippen molar-refractivity contribution in [3.63, 3.8) is 0 Å². The highest BCUT2D eigenvalue weighted by Crippen LogP contribution is 2.30. The van der Waals surface area contributed by atoms with Crippen LogP contribution in [0, 0.1) is 17.2 Å². The third-order valence-corrected chi connectivity index (χ3v) is 5.96. The summed E-state index contributed by atoms with van der Waals surface area (Å²) >= 11 is 0. The molecule has 2 atom stereocenters. The van der Waals surface area contributed by atoms with Crippen molar-refractivity contribution in [2.75, 3.05) is 39.3 Å². The van der Waals surface area contributed by atoms with Crippen molar-refractivity contribution >= 4 is 5.91 Å². The summed E-state index contributed by atoms with van der Waals surface area (Å²) in [6, 6.07) is 10.5. The van der Waals surface area contributed by atoms with Crippen LogP contribution in [0.2, 0.25) is 0 Å². The Morgan fingerprint density at radius 2 is 1.85 bits per heavy atom. The molecular formula is C21H28N4O2. The molecular weight excluding hydrogens is 340 g/mol. The van der Waals surface area contributed by atoms with Gasteiger partial charge >= 0.3 is 0 Å². The van der Waals surface area contributed by atoms with E-state index in [4.69, 9.17) is 10.00 Å². The standard InChI is InChI=1S/C21H28N4O2/c22-11-16-3-7-20(8-4-16)27-10-9-25-18-5-6-19(25)14-24(13-18)15-21(26)23-12-17-1-2-17/h3-4,7-8,17-19H,1-2,5-6,9-10,12-15H2,(H,23,26). The molecule has 0 aromatic heterocycles. The molecule has 2 saturated heterocycles. The van der Waals surface area contributed by atoms with Crippen molar-refractivity contribution in [2.24, 2.45) is 5.92 Å². The molecule has 2 unspecified atom stereocenters. The van der Waals surface area contributed by atoms with E-state index in [2.05, 4.69) is 21.2 Å². The van der Waals surface area contributed by atoms with Crippen LogP contribution >= 0.6 is 0 Å². The van der Waals surface area contributed by atoms with Gasteiger partial charge in [-0.2, -0.15) is 5.26 Å². The number of fused-ring (bicyclic) bond motifs is 2. The molecule has 27 heavy (non-hydrogen) atoms. The molecule has 6 heteroatoms. The largest absolute Gasteiger partial charge is 0.492 e. The number of hydrogen-bond donors (Lipinski definition) is 1. The van der Waals surface area contributed by atoms with Gasteiger partial charge in [0, 0.05) is 38.3 Å². The first-order chi connectivity index (χ1) is 13.2. The summed E-state index contributed by atoms with van der Waals surface area (Å²) in [6.07, 6.45) is 4.96. The summed E-state index contributed by atoms with van der Waals surface area (Å²) in [5.74, 6) is 1.73. The van der Waals surface area contributed by atoms with Crippen LogP contribution in [-0.2, 0) is 4.79 Å². The molecule has 1 saturated carbocycles. The first-order valence-corrected chi connectivity index (χ1v) is 10.1. The molecule has 2 heterocycles. The number of nitriles is 1. The number of piperazine rings is 1. The highest BCUT2D eigenvalue weighted by atomic mass is 16.5. The van der Waals surface area contributed by atoms with E-state index in [1.54, 1.807) is 12.1 Å². The Labute approximate surface area is 161 Å². The first kappa shape index (κ1) is 18.3. The van der Waals surface area contributed by atoms with Crippen LogP contribution in [0.25, 0.3) is 0 Å². The van der Waals surface area contributed by atoms with E-state index >= 15 is 0 Å². The first-order valence-electron chi connectivity index (χ1n) is 10.1. The second-order valence-electron chi connectivity index (χ2n) is 8.05. The van der Waals surface area contributed by atoms with Crippen LogP contribution in [0.5, 0.6) is 5.75 Å². The lowest BCUT2D eigenvalue weighted by Gasteiger charge is -2.40. The van der Waals surface area contributed by atoms with Crippen molar-refractivity contribution in [3.8, 4) is 11.8 Å². The Morgan fingerprint density at radius 1 is 1.15 bits per heavy atom. The van der Waals surface area contributed by atoms with Gasteiger partial charge in [0.2, 0.25) is 5.91 Å². The Morgan fingerprint density at radius 3 is 2.48 bits per heavy atom. The SMILES string of the molecule is N#Cc1ccc(OCCN2C3CCC2CN(CC(=O)NCC2CC2)C3)cc1. The Bertz CT molecular complexity index is 681. The van der Waals surface area contributed by atoms with Gasteiger partial charge in [0.1, 0.15) is 12.4 Å². The monoisotopic (exact) mass is 368 g/mol. The molecule has 1 aromatic rings. The van der Waals surface area contributed by atoms with Gasteiger partial charge in [-0.05, 0) is 55.9 Å². The molecule has 1 aliphatic carbocycles. The molecule has 1 amide bonds. The zero-order valence-electron chi connectivity index (χ0n) is 15.8. The zero-order valence-corrected chi connectivity index (χ0v) is 15.8. The normalized spacial score (nSPS) is 25.1. The van der Waals surface area contributed by atoms with Crippen molar-refractivity contribution in [1.82, 2.24) is 15.1 Å². The fourth-order valence-corrected chi connectivity index (χ4v) is 4.31. The molecule has 3 aliphatic rings. The number of benzene rings is 1. The van der Waals surface area contributed by atoms with E-state index in [1.165, 1.54) is 25.7 Å². The lowest BCUT2D eigenvalue weighted by molar-refractivity contribution is -0.123. The second kappa shape index (κ2) is 8.28. The van der Waals surface area contributed by atoms with Crippen LogP contribution in [-0.4, -0.2) is 67.1 Å². The molecule has 4 rings (SSSR count). The highest BCUT2D eigenvalue weighted by Gasteiger charge is 2.39. The Hall–Kier alpha value is -2.10. The van der Waals surface area contributed by atoms with E-state index in [-0.39, 0.29) is 5.91 Å². The van der Waals surface area contributed by atoms with E-state index in [0.29, 0.717) is 30.8 Å². The fraction of sp³-hybridized carbons (Fsp3) is 0.619. The van der Waals surface area contributed by atoms with Crippen LogP contribution in [0.3, 0.4) is 0 Å². The Balaban J connectivity index is 1.20. The van der Waals surface area contributed by atoms with Crippen LogP contribution in [0.1, 0.15) is 31.2 Å². The quantitative estimate of drug-likeness (QED) is 0.755. The van der Waals surface area contributed by atoms with Gasteiger partial charge in [0.05, 0.1) is 18.2 Å². The summed E-state index contributed by atoms with van der Waals surface area (Å²) in [5.41, 5.74) is 0.651. The maximum absolute atomic E-state index is 12.1. The minimum Gasteiger partial charge on any atom is -0.492 e. The van der Waals surface area contributed by atoms with E-state index < -0.39 is 0 Å². The van der Waals surface area contributed by atoms with E-state index in [0.717, 1.165) is 37.8 Å². The summed E-state index contributed by atoms with van der Waals surface area (Å²) in [4.78, 5) is 17.0. The lowest BCUT2D eigenvalue weighted by Crippen LogP contribution is -2.56. The molecule has 0 spiro atoms. The number of ether oxygens (including phenoxy) is 1. The number of nitrogens with zero attached hydrogens (tertiary/aromatic N) is 3. The van der Waals surface area contributed by atoms with Crippen molar-refractivity contribution in [2.45, 2.75) is 37.8 Å². The van der Waals surface area contributed by atoms with Gasteiger partial charge in [-0.25, -0.2) is 0 Å².